The van der Waals surface area contributed by atoms with Crippen molar-refractivity contribution in [3.8, 4) is 0 Å². The van der Waals surface area contributed by atoms with Gasteiger partial charge in [0.1, 0.15) is 0 Å². The van der Waals surface area contributed by atoms with E-state index in [1.165, 1.54) is 7.11 Å². The number of aliphatic hydroxyl groups is 1. The molecule has 2 aromatic carbocycles. The van der Waals surface area contributed by atoms with E-state index in [1.807, 2.05) is 32.9 Å². The SMILES string of the molecule is CCC(C)(C)OC(O)c1cccc(C(=O)CCc2ccccc2C(=O)OC)c1. The van der Waals surface area contributed by atoms with Crippen molar-refractivity contribution in [3.63, 3.8) is 0 Å². The van der Waals surface area contributed by atoms with Gasteiger partial charge in [-0.05, 0) is 44.4 Å². The van der Waals surface area contributed by atoms with Gasteiger partial charge in [-0.1, -0.05) is 43.3 Å². The maximum absolute atomic E-state index is 12.6. The maximum Gasteiger partial charge on any atom is 0.338 e. The zero-order valence-corrected chi connectivity index (χ0v) is 16.9. The summed E-state index contributed by atoms with van der Waals surface area (Å²) in [5.41, 5.74) is 1.83. The molecule has 28 heavy (non-hydrogen) atoms. The summed E-state index contributed by atoms with van der Waals surface area (Å²) in [7, 11) is 1.34. The number of hydrogen-bond acceptors (Lipinski definition) is 5. The van der Waals surface area contributed by atoms with Gasteiger partial charge < -0.3 is 14.6 Å². The summed E-state index contributed by atoms with van der Waals surface area (Å²) in [5, 5.41) is 10.3. The van der Waals surface area contributed by atoms with Crippen LogP contribution in [0.1, 0.15) is 71.7 Å². The van der Waals surface area contributed by atoms with E-state index < -0.39 is 17.9 Å². The van der Waals surface area contributed by atoms with Crippen molar-refractivity contribution in [2.75, 3.05) is 7.11 Å². The topological polar surface area (TPSA) is 72.8 Å². The molecule has 0 aromatic heterocycles. The number of aryl methyl sites for hydroxylation is 1. The van der Waals surface area contributed by atoms with E-state index in [2.05, 4.69) is 0 Å². The first-order valence-electron chi connectivity index (χ1n) is 9.42. The molecule has 0 bridgehead atoms. The van der Waals surface area contributed by atoms with Gasteiger partial charge in [-0.2, -0.15) is 0 Å². The van der Waals surface area contributed by atoms with Crippen LogP contribution in [-0.4, -0.2) is 29.6 Å². The normalized spacial score (nSPS) is 12.5. The van der Waals surface area contributed by atoms with Crippen molar-refractivity contribution >= 4 is 11.8 Å². The van der Waals surface area contributed by atoms with Crippen molar-refractivity contribution in [2.24, 2.45) is 0 Å². The van der Waals surface area contributed by atoms with Crippen molar-refractivity contribution in [1.82, 2.24) is 0 Å². The van der Waals surface area contributed by atoms with E-state index in [9.17, 15) is 14.7 Å². The zero-order valence-electron chi connectivity index (χ0n) is 16.9. The lowest BCUT2D eigenvalue weighted by Gasteiger charge is -2.27. The first kappa shape index (κ1) is 21.8. The summed E-state index contributed by atoms with van der Waals surface area (Å²) >= 11 is 0. The molecule has 0 radical (unpaired) electrons. The number of carbonyl (C=O) groups excluding carboxylic acids is 2. The molecule has 0 aliphatic carbocycles. The van der Waals surface area contributed by atoms with Crippen LogP contribution in [0, 0.1) is 0 Å². The van der Waals surface area contributed by atoms with Crippen LogP contribution >= 0.6 is 0 Å². The van der Waals surface area contributed by atoms with Gasteiger partial charge in [-0.15, -0.1) is 0 Å². The van der Waals surface area contributed by atoms with Crippen molar-refractivity contribution in [2.45, 2.75) is 51.9 Å². The minimum atomic E-state index is -1.09. The Bertz CT molecular complexity index is 825. The molecule has 0 spiro atoms. The highest BCUT2D eigenvalue weighted by atomic mass is 16.6. The predicted molar refractivity (Wildman–Crippen MR) is 107 cm³/mol. The van der Waals surface area contributed by atoms with Crippen LogP contribution in [0.3, 0.4) is 0 Å². The largest absolute Gasteiger partial charge is 0.465 e. The van der Waals surface area contributed by atoms with E-state index in [1.54, 1.807) is 36.4 Å². The molecule has 1 unspecified atom stereocenters. The molecule has 5 nitrogen and oxygen atoms in total. The van der Waals surface area contributed by atoms with E-state index in [0.717, 1.165) is 12.0 Å². The Morgan fingerprint density at radius 2 is 1.82 bits per heavy atom. The van der Waals surface area contributed by atoms with Crippen LogP contribution in [0.4, 0.5) is 0 Å². The Labute approximate surface area is 166 Å². The number of aliphatic hydroxyl groups excluding tert-OH is 1. The number of esters is 1. The Morgan fingerprint density at radius 1 is 1.11 bits per heavy atom. The monoisotopic (exact) mass is 384 g/mol. The quantitative estimate of drug-likeness (QED) is 0.392. The van der Waals surface area contributed by atoms with Gasteiger partial charge in [0.2, 0.25) is 0 Å². The van der Waals surface area contributed by atoms with E-state index >= 15 is 0 Å². The minimum Gasteiger partial charge on any atom is -0.465 e. The zero-order chi connectivity index (χ0) is 20.7. The fraction of sp³-hybridized carbons (Fsp3) is 0.391. The Hall–Kier alpha value is -2.50. The van der Waals surface area contributed by atoms with Gasteiger partial charge in [0.05, 0.1) is 18.3 Å². The summed E-state index contributed by atoms with van der Waals surface area (Å²) < 4.78 is 10.5. The lowest BCUT2D eigenvalue weighted by Crippen LogP contribution is -2.25. The van der Waals surface area contributed by atoms with E-state index in [-0.39, 0.29) is 12.2 Å². The second-order valence-electron chi connectivity index (χ2n) is 7.28. The average Bonchev–Trinajstić information content (AvgIpc) is 2.71. The highest BCUT2D eigenvalue weighted by Crippen LogP contribution is 2.25. The number of hydrogen-bond donors (Lipinski definition) is 1. The highest BCUT2D eigenvalue weighted by Gasteiger charge is 2.22. The lowest BCUT2D eigenvalue weighted by molar-refractivity contribution is -0.177. The van der Waals surface area contributed by atoms with Crippen LogP contribution in [0.2, 0.25) is 0 Å². The number of ether oxygens (including phenoxy) is 2. The fourth-order valence-electron chi connectivity index (χ4n) is 2.76. The molecule has 1 atom stereocenters. The van der Waals surface area contributed by atoms with Crippen molar-refractivity contribution < 1.29 is 24.2 Å². The molecular formula is C23H28O5. The van der Waals surface area contributed by atoms with Gasteiger partial charge in [0.25, 0.3) is 0 Å². The molecule has 0 aliphatic heterocycles. The third-order valence-electron chi connectivity index (χ3n) is 4.82. The van der Waals surface area contributed by atoms with Gasteiger partial charge in [-0.3, -0.25) is 4.79 Å². The van der Waals surface area contributed by atoms with Gasteiger partial charge in [-0.25, -0.2) is 4.79 Å². The predicted octanol–water partition coefficient (Wildman–Crippen LogP) is 4.48. The molecule has 5 heteroatoms. The van der Waals surface area contributed by atoms with Gasteiger partial charge in [0.15, 0.2) is 12.1 Å². The van der Waals surface area contributed by atoms with Crippen molar-refractivity contribution in [3.05, 3.63) is 70.8 Å². The average molecular weight is 384 g/mol. The van der Waals surface area contributed by atoms with E-state index in [4.69, 9.17) is 9.47 Å². The van der Waals surface area contributed by atoms with Crippen LogP contribution in [-0.2, 0) is 15.9 Å². The van der Waals surface area contributed by atoms with Crippen LogP contribution < -0.4 is 0 Å². The summed E-state index contributed by atoms with van der Waals surface area (Å²) in [4.78, 5) is 24.5. The summed E-state index contributed by atoms with van der Waals surface area (Å²) in [5.74, 6) is -0.479. The van der Waals surface area contributed by atoms with Crippen LogP contribution in [0.5, 0.6) is 0 Å². The molecule has 2 aromatic rings. The molecule has 150 valence electrons. The molecule has 1 N–H and O–H groups in total. The first-order chi connectivity index (χ1) is 13.3. The summed E-state index contributed by atoms with van der Waals surface area (Å²) in [6.07, 6.45) is 0.329. The molecular weight excluding hydrogens is 356 g/mol. The summed E-state index contributed by atoms with van der Waals surface area (Å²) in [6, 6.07) is 13.9. The van der Waals surface area contributed by atoms with E-state index in [0.29, 0.717) is 23.1 Å². The Kier molecular flexibility index (Phi) is 7.49. The number of ketones is 1. The molecule has 0 saturated carbocycles. The Morgan fingerprint density at radius 3 is 2.50 bits per heavy atom. The molecule has 0 aliphatic rings. The van der Waals surface area contributed by atoms with Gasteiger partial charge >= 0.3 is 5.97 Å². The second kappa shape index (κ2) is 9.62. The second-order valence-corrected chi connectivity index (χ2v) is 7.28. The maximum atomic E-state index is 12.6. The summed E-state index contributed by atoms with van der Waals surface area (Å²) in [6.45, 7) is 5.80. The number of methoxy groups -OCH3 is 1. The molecule has 2 rings (SSSR count). The number of carbonyl (C=O) groups is 2. The van der Waals surface area contributed by atoms with Gasteiger partial charge in [0, 0.05) is 17.5 Å². The van der Waals surface area contributed by atoms with Crippen LogP contribution in [0.15, 0.2) is 48.5 Å². The number of Topliss-reactive ketones (excluding diaryl/α,β-unsaturated/α-hetero) is 1. The molecule has 0 heterocycles. The number of benzene rings is 2. The molecule has 0 saturated heterocycles. The highest BCUT2D eigenvalue weighted by molar-refractivity contribution is 5.97. The van der Waals surface area contributed by atoms with Crippen molar-refractivity contribution in [1.29, 1.82) is 0 Å². The minimum absolute atomic E-state index is 0.0662. The van der Waals surface area contributed by atoms with Crippen LogP contribution in [0.25, 0.3) is 0 Å². The third-order valence-corrected chi connectivity index (χ3v) is 4.82. The fourth-order valence-corrected chi connectivity index (χ4v) is 2.76. The third kappa shape index (κ3) is 5.75. The first-order valence-corrected chi connectivity index (χ1v) is 9.42. The smallest absolute Gasteiger partial charge is 0.338 e. The number of rotatable bonds is 9. The molecule has 0 amide bonds. The lowest BCUT2D eigenvalue weighted by atomic mass is 9.98. The standard InChI is InChI=1S/C23H28O5/c1-5-23(2,3)28-21(25)18-11-8-10-17(15-18)20(24)14-13-16-9-6-7-12-19(16)22(26)27-4/h6-12,15,21,25H,5,13-14H2,1-4H3. The molecule has 0 fully saturated rings. The Balaban J connectivity index is 2.09.